The summed E-state index contributed by atoms with van der Waals surface area (Å²) in [5.74, 6) is 1.80. The molecule has 0 N–H and O–H groups in total. The van der Waals surface area contributed by atoms with Crippen molar-refractivity contribution >= 4 is 17.9 Å². The molecule has 0 aliphatic carbocycles. The summed E-state index contributed by atoms with van der Waals surface area (Å²) in [6.07, 6.45) is 63.8. The van der Waals surface area contributed by atoms with Gasteiger partial charge in [0, 0.05) is 19.3 Å². The maximum absolute atomic E-state index is 12.9. The number of ether oxygens (including phenoxy) is 3. The number of carbonyl (C=O) groups is 3. The van der Waals surface area contributed by atoms with E-state index in [1.807, 2.05) is 0 Å². The van der Waals surface area contributed by atoms with Gasteiger partial charge in [-0.3, -0.25) is 14.4 Å². The Labute approximate surface area is 457 Å². The third-order valence-electron chi connectivity index (χ3n) is 16.1. The van der Waals surface area contributed by atoms with Gasteiger partial charge in [-0.2, -0.15) is 0 Å². The van der Waals surface area contributed by atoms with Gasteiger partial charge < -0.3 is 14.2 Å². The summed E-state index contributed by atoms with van der Waals surface area (Å²) in [7, 11) is 0. The Bertz CT molecular complexity index is 1140. The first kappa shape index (κ1) is 71.4. The normalized spacial score (nSPS) is 12.9. The van der Waals surface area contributed by atoms with Crippen LogP contribution in [0.1, 0.15) is 375 Å². The smallest absolute Gasteiger partial charge is 0.306 e. The predicted octanol–water partition coefficient (Wildman–Crippen LogP) is 22.2. The maximum atomic E-state index is 12.9. The van der Waals surface area contributed by atoms with Crippen LogP contribution >= 0.6 is 0 Å². The third-order valence-corrected chi connectivity index (χ3v) is 16.1. The number of rotatable bonds is 60. The summed E-state index contributed by atoms with van der Waals surface area (Å²) in [5.41, 5.74) is 0. The minimum Gasteiger partial charge on any atom is -0.462 e. The van der Waals surface area contributed by atoms with Gasteiger partial charge in [0.15, 0.2) is 6.10 Å². The van der Waals surface area contributed by atoms with Crippen LogP contribution in [-0.4, -0.2) is 37.2 Å². The molecule has 0 aliphatic rings. The molecule has 0 aromatic heterocycles. The van der Waals surface area contributed by atoms with Crippen LogP contribution in [0.5, 0.6) is 0 Å². The lowest BCUT2D eigenvalue weighted by atomic mass is 9.99. The lowest BCUT2D eigenvalue weighted by Crippen LogP contribution is -2.30. The Morgan fingerprint density at radius 1 is 0.274 bits per heavy atom. The van der Waals surface area contributed by atoms with E-state index in [1.54, 1.807) is 0 Å². The van der Waals surface area contributed by atoms with E-state index in [4.69, 9.17) is 14.2 Å². The fraction of sp³-hybridized carbons (Fsp3) is 0.955. The summed E-state index contributed by atoms with van der Waals surface area (Å²) in [4.78, 5) is 38.4. The maximum Gasteiger partial charge on any atom is 0.306 e. The second kappa shape index (κ2) is 58.1. The molecule has 3 atom stereocenters. The van der Waals surface area contributed by atoms with Crippen molar-refractivity contribution in [3.63, 3.8) is 0 Å². The van der Waals surface area contributed by atoms with Gasteiger partial charge in [-0.15, -0.1) is 0 Å². The van der Waals surface area contributed by atoms with E-state index in [0.29, 0.717) is 19.3 Å². The quantitative estimate of drug-likeness (QED) is 0.0343. The van der Waals surface area contributed by atoms with Gasteiger partial charge in [0.05, 0.1) is 0 Å². The zero-order valence-electron chi connectivity index (χ0n) is 50.4. The first-order chi connectivity index (χ1) is 35.7. The fourth-order valence-corrected chi connectivity index (χ4v) is 10.3. The van der Waals surface area contributed by atoms with Gasteiger partial charge in [-0.05, 0) is 37.0 Å². The first-order valence-corrected chi connectivity index (χ1v) is 33.2. The van der Waals surface area contributed by atoms with Crippen molar-refractivity contribution < 1.29 is 28.6 Å². The van der Waals surface area contributed by atoms with Gasteiger partial charge >= 0.3 is 17.9 Å². The Morgan fingerprint density at radius 2 is 0.479 bits per heavy atom. The second-order valence-corrected chi connectivity index (χ2v) is 24.1. The standard InChI is InChI=1S/C67H130O6/c1-7-62(5)54-48-42-36-30-24-20-16-11-9-10-12-17-21-25-32-38-44-50-56-65(68)71-59-64(60-72-66(69)57-51-45-39-33-28-27-31-37-43-49-55-63(6)8-2)73-67(70)58-52-46-40-34-26-22-18-14-13-15-19-23-29-35-41-47-53-61(3)4/h61-64H,7-60H2,1-6H3/t62?,63?,64-/m0/s1. The van der Waals surface area contributed by atoms with Crippen LogP contribution in [0, 0.1) is 17.8 Å². The molecular weight excluding hydrogens is 901 g/mol. The van der Waals surface area contributed by atoms with E-state index in [-0.39, 0.29) is 31.1 Å². The van der Waals surface area contributed by atoms with E-state index in [9.17, 15) is 14.4 Å². The molecule has 0 aromatic rings. The van der Waals surface area contributed by atoms with Crippen LogP contribution in [0.4, 0.5) is 0 Å². The molecule has 0 spiro atoms. The predicted molar refractivity (Wildman–Crippen MR) is 316 cm³/mol. The Morgan fingerprint density at radius 3 is 0.712 bits per heavy atom. The SMILES string of the molecule is CCC(C)CCCCCCCCCCCCCCCCCCCCC(=O)OC[C@@H](COC(=O)CCCCCCCCCCCCC(C)CC)OC(=O)CCCCCCCCCCCCCCCCCCC(C)C. The lowest BCUT2D eigenvalue weighted by molar-refractivity contribution is -0.167. The van der Waals surface area contributed by atoms with E-state index in [0.717, 1.165) is 75.5 Å². The van der Waals surface area contributed by atoms with Crippen molar-refractivity contribution in [2.45, 2.75) is 382 Å². The Hall–Kier alpha value is -1.59. The van der Waals surface area contributed by atoms with Crippen LogP contribution in [-0.2, 0) is 28.6 Å². The molecule has 6 heteroatoms. The number of unbranched alkanes of at least 4 members (excludes halogenated alkanes) is 41. The van der Waals surface area contributed by atoms with Crippen molar-refractivity contribution in [3.8, 4) is 0 Å². The van der Waals surface area contributed by atoms with Crippen molar-refractivity contribution in [1.29, 1.82) is 0 Å². The first-order valence-electron chi connectivity index (χ1n) is 33.2. The molecule has 0 aliphatic heterocycles. The minimum absolute atomic E-state index is 0.0625. The summed E-state index contributed by atoms with van der Waals surface area (Å²) in [5, 5.41) is 0. The molecule has 0 saturated heterocycles. The zero-order chi connectivity index (χ0) is 53.3. The summed E-state index contributed by atoms with van der Waals surface area (Å²) >= 11 is 0. The monoisotopic (exact) mass is 1030 g/mol. The molecule has 0 fully saturated rings. The molecule has 0 rings (SSSR count). The highest BCUT2D eigenvalue weighted by molar-refractivity contribution is 5.71. The van der Waals surface area contributed by atoms with Gasteiger partial charge in [0.1, 0.15) is 13.2 Å². The number of esters is 3. The third kappa shape index (κ3) is 57.9. The van der Waals surface area contributed by atoms with E-state index in [2.05, 4.69) is 41.5 Å². The average molecular weight is 1030 g/mol. The van der Waals surface area contributed by atoms with E-state index >= 15 is 0 Å². The Kier molecular flexibility index (Phi) is 56.8. The van der Waals surface area contributed by atoms with Crippen molar-refractivity contribution in [2.75, 3.05) is 13.2 Å². The van der Waals surface area contributed by atoms with Gasteiger partial charge in [-0.1, -0.05) is 337 Å². The molecule has 6 nitrogen and oxygen atoms in total. The summed E-state index contributed by atoms with van der Waals surface area (Å²) in [6, 6.07) is 0. The van der Waals surface area contributed by atoms with Crippen molar-refractivity contribution in [1.82, 2.24) is 0 Å². The van der Waals surface area contributed by atoms with Gasteiger partial charge in [0.2, 0.25) is 0 Å². The van der Waals surface area contributed by atoms with Crippen LogP contribution < -0.4 is 0 Å². The van der Waals surface area contributed by atoms with Crippen molar-refractivity contribution in [3.05, 3.63) is 0 Å². The minimum atomic E-state index is -0.765. The zero-order valence-corrected chi connectivity index (χ0v) is 50.4. The molecular formula is C67H130O6. The summed E-state index contributed by atoms with van der Waals surface area (Å²) in [6.45, 7) is 13.9. The molecule has 0 aromatic carbocycles. The molecule has 73 heavy (non-hydrogen) atoms. The lowest BCUT2D eigenvalue weighted by Gasteiger charge is -2.18. The van der Waals surface area contributed by atoms with Gasteiger partial charge in [0.25, 0.3) is 0 Å². The van der Waals surface area contributed by atoms with Gasteiger partial charge in [-0.25, -0.2) is 0 Å². The number of hydrogen-bond donors (Lipinski definition) is 0. The largest absolute Gasteiger partial charge is 0.462 e. The average Bonchev–Trinajstić information content (AvgIpc) is 3.38. The van der Waals surface area contributed by atoms with Crippen LogP contribution in [0.25, 0.3) is 0 Å². The van der Waals surface area contributed by atoms with Crippen LogP contribution in [0.3, 0.4) is 0 Å². The highest BCUT2D eigenvalue weighted by Crippen LogP contribution is 2.20. The van der Waals surface area contributed by atoms with Crippen LogP contribution in [0.2, 0.25) is 0 Å². The molecule has 2 unspecified atom stereocenters. The molecule has 0 heterocycles. The molecule has 434 valence electrons. The molecule has 0 bridgehead atoms. The number of hydrogen-bond acceptors (Lipinski definition) is 6. The van der Waals surface area contributed by atoms with Crippen LogP contribution in [0.15, 0.2) is 0 Å². The highest BCUT2D eigenvalue weighted by atomic mass is 16.6. The summed E-state index contributed by atoms with van der Waals surface area (Å²) < 4.78 is 17.0. The molecule has 0 radical (unpaired) electrons. The fourth-order valence-electron chi connectivity index (χ4n) is 10.3. The van der Waals surface area contributed by atoms with E-state index in [1.165, 1.54) is 257 Å². The van der Waals surface area contributed by atoms with Crippen molar-refractivity contribution in [2.24, 2.45) is 17.8 Å². The molecule has 0 saturated carbocycles. The number of carbonyl (C=O) groups excluding carboxylic acids is 3. The Balaban J connectivity index is 4.26. The van der Waals surface area contributed by atoms with E-state index < -0.39 is 6.10 Å². The topological polar surface area (TPSA) is 78.9 Å². The highest BCUT2D eigenvalue weighted by Gasteiger charge is 2.20. The molecule has 0 amide bonds. The second-order valence-electron chi connectivity index (χ2n) is 24.1.